The van der Waals surface area contributed by atoms with Gasteiger partial charge in [-0.1, -0.05) is 61.5 Å². The fourth-order valence-electron chi connectivity index (χ4n) is 4.59. The molecule has 158 valence electrons. The maximum absolute atomic E-state index is 12.1. The van der Waals surface area contributed by atoms with E-state index < -0.39 is 5.60 Å². The number of fused-ring (bicyclic) bond motifs is 2. The maximum Gasteiger partial charge on any atom is 0.288 e. The third kappa shape index (κ3) is 3.63. The molecular formula is C25H30N2O3. The Kier molecular flexibility index (Phi) is 5.65. The highest BCUT2D eigenvalue weighted by atomic mass is 16.5. The van der Waals surface area contributed by atoms with E-state index in [1.807, 2.05) is 44.2 Å². The fourth-order valence-corrected chi connectivity index (χ4v) is 4.59. The van der Waals surface area contributed by atoms with Crippen molar-refractivity contribution in [3.8, 4) is 0 Å². The Bertz CT molecular complexity index is 919. The number of carbonyl (C=O) groups is 1. The van der Waals surface area contributed by atoms with Crippen molar-refractivity contribution in [3.63, 3.8) is 0 Å². The van der Waals surface area contributed by atoms with E-state index in [9.17, 15) is 4.79 Å². The van der Waals surface area contributed by atoms with Gasteiger partial charge in [0.1, 0.15) is 0 Å². The number of ether oxygens (including phenoxy) is 2. The summed E-state index contributed by atoms with van der Waals surface area (Å²) >= 11 is 0. The summed E-state index contributed by atoms with van der Waals surface area (Å²) in [6.07, 6.45) is 2.65. The van der Waals surface area contributed by atoms with E-state index in [0.717, 1.165) is 37.8 Å². The predicted octanol–water partition coefficient (Wildman–Crippen LogP) is 4.27. The first kappa shape index (κ1) is 20.6. The highest BCUT2D eigenvalue weighted by Crippen LogP contribution is 2.44. The van der Waals surface area contributed by atoms with Crippen LogP contribution in [0.3, 0.4) is 0 Å². The van der Waals surface area contributed by atoms with Crippen LogP contribution in [0.2, 0.25) is 0 Å². The van der Waals surface area contributed by atoms with Crippen LogP contribution in [0.4, 0.5) is 0 Å². The number of hydrogen-bond donors (Lipinski definition) is 0. The number of carbonyl (C=O) groups excluding carboxylic acids is 1. The van der Waals surface area contributed by atoms with Crippen LogP contribution in [0.25, 0.3) is 0 Å². The molecule has 2 atom stereocenters. The van der Waals surface area contributed by atoms with Gasteiger partial charge in [-0.3, -0.25) is 4.79 Å². The van der Waals surface area contributed by atoms with Crippen LogP contribution in [0, 0.1) is 0 Å². The minimum atomic E-state index is -0.998. The molecular weight excluding hydrogens is 376 g/mol. The molecule has 2 heterocycles. The first-order valence-electron chi connectivity index (χ1n) is 10.7. The van der Waals surface area contributed by atoms with Gasteiger partial charge in [0, 0.05) is 26.1 Å². The molecule has 0 aliphatic carbocycles. The van der Waals surface area contributed by atoms with Gasteiger partial charge in [0.15, 0.2) is 11.9 Å². The molecule has 0 aromatic heterocycles. The Morgan fingerprint density at radius 1 is 1.17 bits per heavy atom. The number of aldehydes is 1. The van der Waals surface area contributed by atoms with Crippen molar-refractivity contribution >= 4 is 12.3 Å². The summed E-state index contributed by atoms with van der Waals surface area (Å²) in [4.78, 5) is 18.6. The van der Waals surface area contributed by atoms with Crippen LogP contribution in [-0.4, -0.2) is 42.9 Å². The average molecular weight is 407 g/mol. The lowest BCUT2D eigenvalue weighted by molar-refractivity contribution is -0.124. The molecule has 1 spiro atoms. The molecule has 4 rings (SSSR count). The fraction of sp³-hybridized carbons (Fsp3) is 0.440. The average Bonchev–Trinajstić information content (AvgIpc) is 3.16. The van der Waals surface area contributed by atoms with Crippen LogP contribution in [0.1, 0.15) is 49.3 Å². The van der Waals surface area contributed by atoms with Crippen molar-refractivity contribution in [1.29, 1.82) is 0 Å². The van der Waals surface area contributed by atoms with Gasteiger partial charge in [-0.05, 0) is 36.5 Å². The second kappa shape index (κ2) is 8.23. The first-order chi connectivity index (χ1) is 14.5. The molecule has 0 saturated carbocycles. The van der Waals surface area contributed by atoms with Crippen LogP contribution in [-0.2, 0) is 26.5 Å². The molecule has 2 unspecified atom stereocenters. The van der Waals surface area contributed by atoms with Gasteiger partial charge in [-0.2, -0.15) is 0 Å². The molecule has 1 saturated heterocycles. The number of benzene rings is 2. The molecule has 2 aliphatic heterocycles. The molecule has 1 fully saturated rings. The van der Waals surface area contributed by atoms with Crippen molar-refractivity contribution in [2.75, 3.05) is 20.1 Å². The summed E-state index contributed by atoms with van der Waals surface area (Å²) in [5, 5.41) is 0. The maximum atomic E-state index is 12.1. The van der Waals surface area contributed by atoms with E-state index in [-0.39, 0.29) is 11.5 Å². The van der Waals surface area contributed by atoms with Crippen molar-refractivity contribution in [3.05, 3.63) is 71.3 Å². The molecule has 30 heavy (non-hydrogen) atoms. The van der Waals surface area contributed by atoms with Gasteiger partial charge in [0.25, 0.3) is 6.02 Å². The minimum Gasteiger partial charge on any atom is -0.450 e. The van der Waals surface area contributed by atoms with Crippen molar-refractivity contribution in [2.24, 2.45) is 4.99 Å². The third-order valence-electron chi connectivity index (χ3n) is 6.75. The summed E-state index contributed by atoms with van der Waals surface area (Å²) in [7, 11) is 1.72. The normalized spacial score (nSPS) is 21.0. The number of amidine groups is 1. The van der Waals surface area contributed by atoms with Crippen LogP contribution in [0.15, 0.2) is 59.6 Å². The third-order valence-corrected chi connectivity index (χ3v) is 6.75. The number of rotatable bonds is 4. The molecule has 2 aromatic carbocycles. The zero-order chi connectivity index (χ0) is 21.2. The van der Waals surface area contributed by atoms with Crippen LogP contribution >= 0.6 is 0 Å². The summed E-state index contributed by atoms with van der Waals surface area (Å²) in [6, 6.07) is 19.0. The zero-order valence-electron chi connectivity index (χ0n) is 18.0. The van der Waals surface area contributed by atoms with Gasteiger partial charge in [0.05, 0.1) is 12.2 Å². The van der Waals surface area contributed by atoms with E-state index in [1.54, 1.807) is 7.05 Å². The SMILES string of the molecule is C/N=C(\OC(C)(C=O)C(C)c1ccccc1)N1CCC2(CC1)OCc1ccccc12. The summed E-state index contributed by atoms with van der Waals surface area (Å²) < 4.78 is 12.5. The Morgan fingerprint density at radius 3 is 2.50 bits per heavy atom. The number of likely N-dealkylation sites (tertiary alicyclic amines) is 1. The minimum absolute atomic E-state index is 0.103. The molecule has 0 amide bonds. The smallest absolute Gasteiger partial charge is 0.288 e. The standard InChI is InChI=1S/C25H30N2O3/c1-19(20-9-5-4-6-10-20)24(2,18-28)30-23(26-3)27-15-13-25(14-16-27)22-12-8-7-11-21(22)17-29-25/h4-12,18-19H,13-17H2,1-3H3/b26-23-. The molecule has 2 aliphatic rings. The van der Waals surface area contributed by atoms with Gasteiger partial charge in [-0.15, -0.1) is 0 Å². The molecule has 5 heteroatoms. The lowest BCUT2D eigenvalue weighted by Gasteiger charge is -2.42. The number of nitrogens with zero attached hydrogens (tertiary/aromatic N) is 2. The summed E-state index contributed by atoms with van der Waals surface area (Å²) in [5.41, 5.74) is 2.46. The zero-order valence-corrected chi connectivity index (χ0v) is 18.0. The Labute approximate surface area is 178 Å². The second-order valence-electron chi connectivity index (χ2n) is 8.47. The van der Waals surface area contributed by atoms with E-state index in [1.165, 1.54) is 11.1 Å². The number of aliphatic imine (C=N–C) groups is 1. The summed E-state index contributed by atoms with van der Waals surface area (Å²) in [5.74, 6) is -0.103. The van der Waals surface area contributed by atoms with E-state index in [0.29, 0.717) is 12.6 Å². The topological polar surface area (TPSA) is 51.1 Å². The predicted molar refractivity (Wildman–Crippen MR) is 117 cm³/mol. The van der Waals surface area contributed by atoms with Gasteiger partial charge in [0.2, 0.25) is 0 Å². The van der Waals surface area contributed by atoms with Crippen molar-refractivity contribution < 1.29 is 14.3 Å². The molecule has 2 aromatic rings. The largest absolute Gasteiger partial charge is 0.450 e. The monoisotopic (exact) mass is 406 g/mol. The quantitative estimate of drug-likeness (QED) is 0.432. The Morgan fingerprint density at radius 2 is 1.83 bits per heavy atom. The second-order valence-corrected chi connectivity index (χ2v) is 8.47. The molecule has 0 bridgehead atoms. The molecule has 5 nitrogen and oxygen atoms in total. The molecule has 0 N–H and O–H groups in total. The van der Waals surface area contributed by atoms with Crippen molar-refractivity contribution in [1.82, 2.24) is 4.90 Å². The van der Waals surface area contributed by atoms with E-state index >= 15 is 0 Å². The van der Waals surface area contributed by atoms with Crippen molar-refractivity contribution in [2.45, 2.75) is 50.4 Å². The van der Waals surface area contributed by atoms with Gasteiger partial charge in [-0.25, -0.2) is 4.99 Å². The van der Waals surface area contributed by atoms with E-state index in [2.05, 4.69) is 34.2 Å². The first-order valence-corrected chi connectivity index (χ1v) is 10.7. The highest BCUT2D eigenvalue weighted by molar-refractivity contribution is 5.78. The van der Waals surface area contributed by atoms with E-state index in [4.69, 9.17) is 9.47 Å². The Balaban J connectivity index is 1.47. The van der Waals surface area contributed by atoms with Gasteiger partial charge >= 0.3 is 0 Å². The Hall–Kier alpha value is -2.66. The summed E-state index contributed by atoms with van der Waals surface area (Å²) in [6.45, 7) is 6.08. The van der Waals surface area contributed by atoms with Gasteiger partial charge < -0.3 is 14.4 Å². The number of piperidine rings is 1. The highest BCUT2D eigenvalue weighted by Gasteiger charge is 2.44. The lowest BCUT2D eigenvalue weighted by atomic mass is 9.84. The lowest BCUT2D eigenvalue weighted by Crippen LogP contribution is -2.49. The number of hydrogen-bond acceptors (Lipinski definition) is 4. The van der Waals surface area contributed by atoms with Crippen LogP contribution < -0.4 is 0 Å². The van der Waals surface area contributed by atoms with Crippen LogP contribution in [0.5, 0.6) is 0 Å². The molecule has 0 radical (unpaired) electrons.